The summed E-state index contributed by atoms with van der Waals surface area (Å²) in [7, 11) is -1.02. The molecule has 0 aliphatic rings. The van der Waals surface area contributed by atoms with Gasteiger partial charge < -0.3 is 4.42 Å². The van der Waals surface area contributed by atoms with E-state index in [4.69, 9.17) is 16.0 Å². The molecule has 0 unspecified atom stereocenters. The van der Waals surface area contributed by atoms with Crippen LogP contribution in [-0.2, 0) is 22.3 Å². The van der Waals surface area contributed by atoms with Gasteiger partial charge in [-0.3, -0.25) is 4.21 Å². The van der Waals surface area contributed by atoms with Gasteiger partial charge in [0.15, 0.2) is 0 Å². The molecular weight excluding hydrogens is 270 g/mol. The lowest BCUT2D eigenvalue weighted by molar-refractivity contribution is 0.487. The number of nitrogens with zero attached hydrogens (tertiary/aromatic N) is 1. The van der Waals surface area contributed by atoms with E-state index < -0.39 is 10.8 Å². The molecule has 3 nitrogen and oxygen atoms in total. The van der Waals surface area contributed by atoms with Gasteiger partial charge in [0, 0.05) is 21.6 Å². The van der Waals surface area contributed by atoms with E-state index >= 15 is 0 Å². The summed E-state index contributed by atoms with van der Waals surface area (Å²) >= 11 is 5.80. The lowest BCUT2D eigenvalue weighted by atomic mass is 10.2. The summed E-state index contributed by atoms with van der Waals surface area (Å²) in [6, 6.07) is 7.36. The summed E-state index contributed by atoms with van der Waals surface area (Å²) in [5.41, 5.74) is 1.85. The normalized spacial score (nSPS) is 12.6. The monoisotopic (exact) mass is 283 g/mol. The van der Waals surface area contributed by atoms with E-state index in [2.05, 4.69) is 4.98 Å². The Balaban J connectivity index is 1.98. The van der Waals surface area contributed by atoms with Crippen LogP contribution in [0.15, 0.2) is 28.7 Å². The zero-order valence-electron chi connectivity index (χ0n) is 10.3. The van der Waals surface area contributed by atoms with E-state index in [-0.39, 0.29) is 0 Å². The molecule has 96 valence electrons. The van der Waals surface area contributed by atoms with Crippen molar-refractivity contribution in [1.82, 2.24) is 4.98 Å². The minimum absolute atomic E-state index is 0.345. The maximum Gasteiger partial charge on any atom is 0.207 e. The van der Waals surface area contributed by atoms with Crippen LogP contribution in [0.4, 0.5) is 0 Å². The quantitative estimate of drug-likeness (QED) is 0.864. The molecule has 1 aromatic heterocycles. The molecule has 0 bridgehead atoms. The van der Waals surface area contributed by atoms with Crippen LogP contribution >= 0.6 is 11.6 Å². The molecule has 1 aromatic carbocycles. The summed E-state index contributed by atoms with van der Waals surface area (Å²) in [6.07, 6.45) is 0. The first-order valence-corrected chi connectivity index (χ1v) is 7.43. The highest BCUT2D eigenvalue weighted by atomic mass is 35.5. The van der Waals surface area contributed by atoms with E-state index in [0.29, 0.717) is 22.4 Å². The third-order valence-electron chi connectivity index (χ3n) is 2.60. The van der Waals surface area contributed by atoms with E-state index in [1.165, 1.54) is 0 Å². The maximum atomic E-state index is 12.0. The van der Waals surface area contributed by atoms with Crippen molar-refractivity contribution >= 4 is 22.4 Å². The second kappa shape index (κ2) is 5.67. The highest BCUT2D eigenvalue weighted by molar-refractivity contribution is 7.83. The first-order chi connectivity index (χ1) is 8.54. The number of benzene rings is 1. The van der Waals surface area contributed by atoms with Crippen molar-refractivity contribution in [2.75, 3.05) is 0 Å². The molecule has 18 heavy (non-hydrogen) atoms. The topological polar surface area (TPSA) is 43.1 Å². The van der Waals surface area contributed by atoms with Crippen LogP contribution < -0.4 is 0 Å². The van der Waals surface area contributed by atoms with Crippen LogP contribution in [0.1, 0.15) is 22.9 Å². The molecule has 2 aromatic rings. The average Bonchev–Trinajstić information content (AvgIpc) is 2.61. The van der Waals surface area contributed by atoms with Crippen LogP contribution in [0.3, 0.4) is 0 Å². The smallest absolute Gasteiger partial charge is 0.207 e. The van der Waals surface area contributed by atoms with Crippen LogP contribution in [0.2, 0.25) is 5.02 Å². The highest BCUT2D eigenvalue weighted by Crippen LogP contribution is 2.14. The average molecular weight is 284 g/mol. The van der Waals surface area contributed by atoms with Gasteiger partial charge in [0.25, 0.3) is 0 Å². The highest BCUT2D eigenvalue weighted by Gasteiger charge is 2.10. The van der Waals surface area contributed by atoms with E-state index in [1.54, 1.807) is 12.1 Å². The van der Waals surface area contributed by atoms with Crippen molar-refractivity contribution in [3.63, 3.8) is 0 Å². The number of aromatic nitrogens is 1. The van der Waals surface area contributed by atoms with Crippen molar-refractivity contribution < 1.29 is 8.63 Å². The van der Waals surface area contributed by atoms with Crippen LogP contribution in [0.25, 0.3) is 0 Å². The second-order valence-electron chi connectivity index (χ2n) is 4.10. The minimum atomic E-state index is -1.02. The largest absolute Gasteiger partial charge is 0.445 e. The zero-order valence-corrected chi connectivity index (χ0v) is 11.8. The molecule has 0 amide bonds. The fraction of sp³-hybridized carbons (Fsp3) is 0.308. The molecule has 1 heterocycles. The van der Waals surface area contributed by atoms with E-state index in [0.717, 1.165) is 17.0 Å². The lowest BCUT2D eigenvalue weighted by Crippen LogP contribution is -1.99. The summed E-state index contributed by atoms with van der Waals surface area (Å²) in [5.74, 6) is 2.15. The van der Waals surface area contributed by atoms with Crippen molar-refractivity contribution in [2.45, 2.75) is 25.4 Å². The number of hydrogen-bond acceptors (Lipinski definition) is 3. The van der Waals surface area contributed by atoms with Gasteiger partial charge in [-0.1, -0.05) is 23.7 Å². The van der Waals surface area contributed by atoms with Crippen LogP contribution in [-0.4, -0.2) is 9.19 Å². The molecule has 5 heteroatoms. The summed E-state index contributed by atoms with van der Waals surface area (Å²) in [5, 5.41) is 0.684. The summed E-state index contributed by atoms with van der Waals surface area (Å²) in [4.78, 5) is 4.23. The number of aryl methyl sites for hydroxylation is 2. The third-order valence-corrected chi connectivity index (χ3v) is 4.07. The van der Waals surface area contributed by atoms with Gasteiger partial charge in [0.05, 0.1) is 5.69 Å². The van der Waals surface area contributed by atoms with E-state index in [1.807, 2.05) is 26.0 Å². The third kappa shape index (κ3) is 3.43. The van der Waals surface area contributed by atoms with Gasteiger partial charge in [0.2, 0.25) is 5.89 Å². The fourth-order valence-electron chi connectivity index (χ4n) is 1.56. The first-order valence-electron chi connectivity index (χ1n) is 5.57. The molecule has 0 radical (unpaired) electrons. The van der Waals surface area contributed by atoms with Crippen molar-refractivity contribution in [3.05, 3.63) is 52.2 Å². The van der Waals surface area contributed by atoms with Crippen molar-refractivity contribution in [2.24, 2.45) is 0 Å². The summed E-state index contributed by atoms with van der Waals surface area (Å²) in [6.45, 7) is 3.73. The lowest BCUT2D eigenvalue weighted by Gasteiger charge is -2.00. The van der Waals surface area contributed by atoms with Crippen LogP contribution in [0, 0.1) is 13.8 Å². The Bertz CT molecular complexity index is 543. The number of rotatable bonds is 4. The molecule has 0 saturated heterocycles. The zero-order chi connectivity index (χ0) is 13.1. The standard InChI is InChI=1S/C13H14ClNO2S/c1-9-10(2)17-13(15-9)8-18(16)7-11-3-5-12(14)6-4-11/h3-6H,7-8H2,1-2H3/t18-/m1/s1. The van der Waals surface area contributed by atoms with Gasteiger partial charge in [0.1, 0.15) is 11.5 Å². The van der Waals surface area contributed by atoms with Gasteiger partial charge >= 0.3 is 0 Å². The minimum Gasteiger partial charge on any atom is -0.445 e. The molecular formula is C13H14ClNO2S. The predicted octanol–water partition coefficient (Wildman–Crippen LogP) is 3.39. The fourth-order valence-corrected chi connectivity index (χ4v) is 2.75. The molecule has 0 spiro atoms. The Kier molecular flexibility index (Phi) is 4.19. The van der Waals surface area contributed by atoms with E-state index in [9.17, 15) is 4.21 Å². The Morgan fingerprint density at radius 1 is 1.22 bits per heavy atom. The molecule has 2 rings (SSSR count). The number of halogens is 1. The van der Waals surface area contributed by atoms with Gasteiger partial charge in [-0.05, 0) is 31.5 Å². The molecule has 0 saturated carbocycles. The maximum absolute atomic E-state index is 12.0. The van der Waals surface area contributed by atoms with Crippen LogP contribution in [0.5, 0.6) is 0 Å². The Morgan fingerprint density at radius 3 is 2.44 bits per heavy atom. The van der Waals surface area contributed by atoms with Crippen molar-refractivity contribution in [1.29, 1.82) is 0 Å². The summed E-state index contributed by atoms with van der Waals surface area (Å²) < 4.78 is 17.4. The van der Waals surface area contributed by atoms with Gasteiger partial charge in [-0.25, -0.2) is 4.98 Å². The van der Waals surface area contributed by atoms with Gasteiger partial charge in [-0.2, -0.15) is 0 Å². The first kappa shape index (κ1) is 13.3. The molecule has 0 N–H and O–H groups in total. The SMILES string of the molecule is Cc1nc(C[S@](=O)Cc2ccc(Cl)cc2)oc1C. The Hall–Kier alpha value is -1.13. The Morgan fingerprint density at radius 2 is 1.89 bits per heavy atom. The molecule has 0 aliphatic heterocycles. The molecule has 1 atom stereocenters. The number of oxazole rings is 1. The number of hydrogen-bond donors (Lipinski definition) is 0. The van der Waals surface area contributed by atoms with Gasteiger partial charge in [-0.15, -0.1) is 0 Å². The molecule has 0 aliphatic carbocycles. The van der Waals surface area contributed by atoms with Crippen molar-refractivity contribution in [3.8, 4) is 0 Å². The predicted molar refractivity (Wildman–Crippen MR) is 73.0 cm³/mol. The second-order valence-corrected chi connectivity index (χ2v) is 6.00. The Labute approximate surface area is 114 Å². The molecule has 0 fully saturated rings.